The average Bonchev–Trinajstić information content (AvgIpc) is 3.04. The van der Waals surface area contributed by atoms with Crippen LogP contribution in [0, 0.1) is 6.92 Å². The zero-order valence-corrected chi connectivity index (χ0v) is 12.0. The Labute approximate surface area is 121 Å². The summed E-state index contributed by atoms with van der Waals surface area (Å²) in [4.78, 5) is 8.71. The minimum atomic E-state index is 0.560. The first kappa shape index (κ1) is 13.1. The number of fused-ring (bicyclic) bond motifs is 1. The van der Waals surface area contributed by atoms with Crippen LogP contribution in [0.15, 0.2) is 29.1 Å². The van der Waals surface area contributed by atoms with Crippen LogP contribution in [0.25, 0.3) is 11.0 Å². The molecule has 0 saturated carbocycles. The fourth-order valence-electron chi connectivity index (χ4n) is 2.32. The van der Waals surface area contributed by atoms with Crippen LogP contribution in [0.3, 0.4) is 0 Å². The highest BCUT2D eigenvalue weighted by atomic mass is 35.5. The van der Waals surface area contributed by atoms with Gasteiger partial charge in [-0.25, -0.2) is 4.98 Å². The van der Waals surface area contributed by atoms with Gasteiger partial charge in [-0.1, -0.05) is 11.2 Å². The van der Waals surface area contributed by atoms with Crippen LogP contribution in [-0.2, 0) is 19.4 Å². The molecule has 2 heterocycles. The SMILES string of the molecule is Cc1ccc2nc(CCCl)n(CCc3ncon3)c2c1. The third-order valence-electron chi connectivity index (χ3n) is 3.27. The summed E-state index contributed by atoms with van der Waals surface area (Å²) in [5.41, 5.74) is 3.35. The van der Waals surface area contributed by atoms with E-state index in [-0.39, 0.29) is 0 Å². The molecule has 104 valence electrons. The van der Waals surface area contributed by atoms with Gasteiger partial charge >= 0.3 is 0 Å². The molecule has 0 spiro atoms. The number of benzene rings is 1. The van der Waals surface area contributed by atoms with E-state index < -0.39 is 0 Å². The van der Waals surface area contributed by atoms with E-state index in [1.165, 1.54) is 12.0 Å². The lowest BCUT2D eigenvalue weighted by Crippen LogP contribution is -2.07. The molecule has 0 saturated heterocycles. The molecule has 6 heteroatoms. The number of aryl methyl sites for hydroxylation is 4. The fourth-order valence-corrected chi connectivity index (χ4v) is 2.49. The Hall–Kier alpha value is -1.88. The molecule has 0 aliphatic carbocycles. The fraction of sp³-hybridized carbons (Fsp3) is 0.357. The molecule has 3 aromatic rings. The van der Waals surface area contributed by atoms with Gasteiger partial charge in [-0.3, -0.25) is 0 Å². The third-order valence-corrected chi connectivity index (χ3v) is 3.46. The first-order chi connectivity index (χ1) is 9.78. The van der Waals surface area contributed by atoms with E-state index in [9.17, 15) is 0 Å². The minimum Gasteiger partial charge on any atom is -0.343 e. The van der Waals surface area contributed by atoms with Gasteiger partial charge in [-0.15, -0.1) is 11.6 Å². The summed E-state index contributed by atoms with van der Waals surface area (Å²) < 4.78 is 6.96. The van der Waals surface area contributed by atoms with Crippen molar-refractivity contribution >= 4 is 22.6 Å². The van der Waals surface area contributed by atoms with Crippen LogP contribution >= 0.6 is 11.6 Å². The second kappa shape index (κ2) is 5.63. The maximum absolute atomic E-state index is 5.87. The largest absolute Gasteiger partial charge is 0.343 e. The Bertz CT molecular complexity index is 705. The van der Waals surface area contributed by atoms with E-state index in [0.29, 0.717) is 18.1 Å². The Morgan fingerprint density at radius 3 is 2.95 bits per heavy atom. The summed E-state index contributed by atoms with van der Waals surface area (Å²) in [7, 11) is 0. The van der Waals surface area contributed by atoms with Crippen molar-refractivity contribution in [1.82, 2.24) is 19.7 Å². The van der Waals surface area contributed by atoms with Crippen LogP contribution < -0.4 is 0 Å². The molecule has 1 aromatic carbocycles. The van der Waals surface area contributed by atoms with Crippen molar-refractivity contribution in [1.29, 1.82) is 0 Å². The van der Waals surface area contributed by atoms with Crippen molar-refractivity contribution in [3.8, 4) is 0 Å². The Morgan fingerprint density at radius 2 is 2.20 bits per heavy atom. The van der Waals surface area contributed by atoms with Crippen LogP contribution in [0.1, 0.15) is 17.2 Å². The van der Waals surface area contributed by atoms with E-state index in [1.54, 1.807) is 0 Å². The van der Waals surface area contributed by atoms with Crippen molar-refractivity contribution < 1.29 is 4.52 Å². The molecule has 0 bridgehead atoms. The average molecular weight is 291 g/mol. The number of alkyl halides is 1. The van der Waals surface area contributed by atoms with Crippen molar-refractivity contribution in [2.24, 2.45) is 0 Å². The standard InChI is InChI=1S/C14H15ClN4O/c1-10-2-3-11-12(8-10)19(14(17-11)4-6-15)7-5-13-16-9-20-18-13/h2-3,8-9H,4-7H2,1H3. The van der Waals surface area contributed by atoms with Gasteiger partial charge in [0.25, 0.3) is 0 Å². The Balaban J connectivity index is 1.96. The van der Waals surface area contributed by atoms with E-state index in [4.69, 9.17) is 16.1 Å². The van der Waals surface area contributed by atoms with Gasteiger partial charge in [0.15, 0.2) is 5.82 Å². The number of aromatic nitrogens is 4. The molecule has 0 aliphatic rings. The minimum absolute atomic E-state index is 0.560. The van der Waals surface area contributed by atoms with Gasteiger partial charge in [-0.05, 0) is 24.6 Å². The third kappa shape index (κ3) is 2.54. The lowest BCUT2D eigenvalue weighted by Gasteiger charge is -2.07. The molecule has 0 fully saturated rings. The maximum Gasteiger partial charge on any atom is 0.213 e. The van der Waals surface area contributed by atoms with Gasteiger partial charge in [0.05, 0.1) is 11.0 Å². The molecule has 3 rings (SSSR count). The molecular formula is C14H15ClN4O. The predicted octanol–water partition coefficient (Wildman–Crippen LogP) is 2.75. The van der Waals surface area contributed by atoms with Gasteiger partial charge in [-0.2, -0.15) is 4.98 Å². The number of hydrogen-bond donors (Lipinski definition) is 0. The van der Waals surface area contributed by atoms with Gasteiger partial charge < -0.3 is 9.09 Å². The lowest BCUT2D eigenvalue weighted by atomic mass is 10.2. The maximum atomic E-state index is 5.87. The van der Waals surface area contributed by atoms with Crippen LogP contribution in [0.5, 0.6) is 0 Å². The number of hydrogen-bond acceptors (Lipinski definition) is 4. The van der Waals surface area contributed by atoms with Crippen molar-refractivity contribution in [2.75, 3.05) is 5.88 Å². The summed E-state index contributed by atoms with van der Waals surface area (Å²) >= 11 is 5.87. The molecule has 0 atom stereocenters. The van der Waals surface area contributed by atoms with E-state index in [1.807, 2.05) is 6.07 Å². The highest BCUT2D eigenvalue weighted by Gasteiger charge is 2.11. The normalized spacial score (nSPS) is 11.3. The van der Waals surface area contributed by atoms with E-state index in [0.717, 1.165) is 29.8 Å². The second-order valence-corrected chi connectivity index (χ2v) is 5.09. The van der Waals surface area contributed by atoms with Crippen LogP contribution in [0.4, 0.5) is 0 Å². The topological polar surface area (TPSA) is 56.7 Å². The predicted molar refractivity (Wildman–Crippen MR) is 76.9 cm³/mol. The summed E-state index contributed by atoms with van der Waals surface area (Å²) in [6.45, 7) is 2.85. The highest BCUT2D eigenvalue weighted by molar-refractivity contribution is 6.17. The first-order valence-electron chi connectivity index (χ1n) is 6.55. The Kier molecular flexibility index (Phi) is 3.69. The Morgan fingerprint density at radius 1 is 1.30 bits per heavy atom. The monoisotopic (exact) mass is 290 g/mol. The van der Waals surface area contributed by atoms with Crippen molar-refractivity contribution in [2.45, 2.75) is 26.3 Å². The van der Waals surface area contributed by atoms with Crippen LogP contribution in [0.2, 0.25) is 0 Å². The molecular weight excluding hydrogens is 276 g/mol. The van der Waals surface area contributed by atoms with E-state index in [2.05, 4.69) is 38.7 Å². The zero-order valence-electron chi connectivity index (χ0n) is 11.2. The number of rotatable bonds is 5. The van der Waals surface area contributed by atoms with Crippen molar-refractivity contribution in [3.63, 3.8) is 0 Å². The number of halogens is 1. The molecule has 0 aliphatic heterocycles. The first-order valence-corrected chi connectivity index (χ1v) is 7.08. The second-order valence-electron chi connectivity index (χ2n) is 4.71. The molecule has 5 nitrogen and oxygen atoms in total. The van der Waals surface area contributed by atoms with Gasteiger partial charge in [0, 0.05) is 25.3 Å². The molecule has 2 aromatic heterocycles. The quantitative estimate of drug-likeness (QED) is 0.678. The molecule has 0 radical (unpaired) electrons. The van der Waals surface area contributed by atoms with E-state index >= 15 is 0 Å². The highest BCUT2D eigenvalue weighted by Crippen LogP contribution is 2.19. The summed E-state index contributed by atoms with van der Waals surface area (Å²) in [5, 5.41) is 3.84. The summed E-state index contributed by atoms with van der Waals surface area (Å²) in [6, 6.07) is 6.27. The smallest absolute Gasteiger partial charge is 0.213 e. The van der Waals surface area contributed by atoms with Crippen LogP contribution in [-0.4, -0.2) is 25.6 Å². The lowest BCUT2D eigenvalue weighted by molar-refractivity contribution is 0.408. The molecule has 0 amide bonds. The summed E-state index contributed by atoms with van der Waals surface area (Å²) in [6.07, 6.45) is 2.82. The molecule has 0 N–H and O–H groups in total. The van der Waals surface area contributed by atoms with Crippen molar-refractivity contribution in [3.05, 3.63) is 41.8 Å². The van der Waals surface area contributed by atoms with Gasteiger partial charge in [0.1, 0.15) is 5.82 Å². The zero-order chi connectivity index (χ0) is 13.9. The summed E-state index contributed by atoms with van der Waals surface area (Å²) in [5.74, 6) is 2.27. The number of imidazole rings is 1. The molecule has 0 unspecified atom stereocenters. The van der Waals surface area contributed by atoms with Gasteiger partial charge in [0.2, 0.25) is 6.39 Å². The molecule has 20 heavy (non-hydrogen) atoms. The number of nitrogens with zero attached hydrogens (tertiary/aromatic N) is 4.